The Morgan fingerprint density at radius 2 is 1.85 bits per heavy atom. The van der Waals surface area contributed by atoms with Crippen LogP contribution in [0, 0.1) is 5.92 Å². The molecule has 0 radical (unpaired) electrons. The minimum absolute atomic E-state index is 0.222. The summed E-state index contributed by atoms with van der Waals surface area (Å²) < 4.78 is 16.3. The van der Waals surface area contributed by atoms with Crippen LogP contribution in [-0.4, -0.2) is 32.6 Å². The second kappa shape index (κ2) is 8.39. The summed E-state index contributed by atoms with van der Waals surface area (Å²) in [6.45, 7) is 1.96. The maximum atomic E-state index is 12.9. The van der Waals surface area contributed by atoms with Crippen molar-refractivity contribution >= 4 is 28.7 Å². The van der Waals surface area contributed by atoms with Crippen LogP contribution >= 0.6 is 11.3 Å². The summed E-state index contributed by atoms with van der Waals surface area (Å²) in [5.74, 6) is -0.922. The van der Waals surface area contributed by atoms with Gasteiger partial charge in [0, 0.05) is 16.4 Å². The van der Waals surface area contributed by atoms with Gasteiger partial charge in [-0.15, -0.1) is 11.3 Å². The van der Waals surface area contributed by atoms with E-state index in [0.29, 0.717) is 17.9 Å². The number of ketones is 1. The number of ether oxygens (including phenoxy) is 3. The molecule has 0 saturated heterocycles. The van der Waals surface area contributed by atoms with Gasteiger partial charge in [-0.1, -0.05) is 12.1 Å². The Bertz CT molecular complexity index is 831. The fraction of sp³-hybridized carbons (Fsp3) is 0.333. The van der Waals surface area contributed by atoms with Gasteiger partial charge in [0.2, 0.25) is 0 Å². The van der Waals surface area contributed by atoms with Crippen LogP contribution in [0.2, 0.25) is 0 Å². The van der Waals surface area contributed by atoms with Gasteiger partial charge >= 0.3 is 5.97 Å². The van der Waals surface area contributed by atoms with Crippen molar-refractivity contribution in [1.82, 2.24) is 0 Å². The molecule has 0 N–H and O–H groups in total. The number of hydrogen-bond donors (Lipinski definition) is 0. The van der Waals surface area contributed by atoms with Crippen LogP contribution in [0.25, 0.3) is 5.57 Å². The van der Waals surface area contributed by atoms with E-state index in [9.17, 15) is 9.59 Å². The maximum Gasteiger partial charge on any atom is 0.317 e. The molecule has 6 heteroatoms. The zero-order valence-corrected chi connectivity index (χ0v) is 16.4. The molecule has 142 valence electrons. The largest absolute Gasteiger partial charge is 0.496 e. The summed E-state index contributed by atoms with van der Waals surface area (Å²) >= 11 is 1.57. The highest BCUT2D eigenvalue weighted by molar-refractivity contribution is 7.11. The first kappa shape index (κ1) is 19.2. The highest BCUT2D eigenvalue weighted by Gasteiger charge is 2.42. The van der Waals surface area contributed by atoms with Crippen molar-refractivity contribution < 1.29 is 23.8 Å². The number of methoxy groups -OCH3 is 2. The van der Waals surface area contributed by atoms with Crippen LogP contribution in [0.5, 0.6) is 11.5 Å². The Hall–Kier alpha value is -2.60. The molecular formula is C21H22O5S. The molecule has 1 aromatic heterocycles. The molecule has 2 aromatic rings. The summed E-state index contributed by atoms with van der Waals surface area (Å²) in [5, 5.41) is 1.97. The molecule has 0 fully saturated rings. The fourth-order valence-corrected chi connectivity index (χ4v) is 4.29. The first-order valence-electron chi connectivity index (χ1n) is 8.76. The van der Waals surface area contributed by atoms with E-state index in [1.54, 1.807) is 38.6 Å². The first-order chi connectivity index (χ1) is 13.1. The highest BCUT2D eigenvalue weighted by atomic mass is 32.1. The van der Waals surface area contributed by atoms with Gasteiger partial charge in [0.25, 0.3) is 0 Å². The molecule has 1 aliphatic carbocycles. The molecule has 3 rings (SSSR count). The zero-order chi connectivity index (χ0) is 19.4. The summed E-state index contributed by atoms with van der Waals surface area (Å²) in [5.41, 5.74) is 1.63. The zero-order valence-electron chi connectivity index (χ0n) is 15.6. The maximum absolute atomic E-state index is 12.9. The van der Waals surface area contributed by atoms with E-state index in [0.717, 1.165) is 16.0 Å². The SMILES string of the molecule is CCOC(=O)[C@@H]1C(=O)C=C(c2cccs2)C[C@H]1c1c(OC)cccc1OC. The molecule has 1 heterocycles. The number of carbonyl (C=O) groups is 2. The summed E-state index contributed by atoms with van der Waals surface area (Å²) in [7, 11) is 3.14. The third-order valence-electron chi connectivity index (χ3n) is 4.68. The molecule has 0 saturated carbocycles. The van der Waals surface area contributed by atoms with Gasteiger partial charge in [-0.25, -0.2) is 0 Å². The van der Waals surface area contributed by atoms with Crippen LogP contribution in [-0.2, 0) is 14.3 Å². The van der Waals surface area contributed by atoms with E-state index in [4.69, 9.17) is 14.2 Å². The molecule has 0 spiro atoms. The smallest absolute Gasteiger partial charge is 0.317 e. The average molecular weight is 386 g/mol. The first-order valence-corrected chi connectivity index (χ1v) is 9.64. The van der Waals surface area contributed by atoms with Crippen LogP contribution in [0.15, 0.2) is 41.8 Å². The quantitative estimate of drug-likeness (QED) is 0.553. The third kappa shape index (κ3) is 3.76. The van der Waals surface area contributed by atoms with Gasteiger partial charge < -0.3 is 14.2 Å². The van der Waals surface area contributed by atoms with Gasteiger partial charge in [-0.2, -0.15) is 0 Å². The summed E-state index contributed by atoms with van der Waals surface area (Å²) in [6, 6.07) is 9.37. The van der Waals surface area contributed by atoms with E-state index in [-0.39, 0.29) is 12.4 Å². The molecule has 27 heavy (non-hydrogen) atoms. The van der Waals surface area contributed by atoms with Crippen molar-refractivity contribution in [3.05, 3.63) is 52.2 Å². The van der Waals surface area contributed by atoms with E-state index in [2.05, 4.69) is 0 Å². The summed E-state index contributed by atoms with van der Waals surface area (Å²) in [4.78, 5) is 26.6. The number of hydrogen-bond acceptors (Lipinski definition) is 6. The van der Waals surface area contributed by atoms with Gasteiger partial charge in [0.15, 0.2) is 5.78 Å². The Morgan fingerprint density at radius 1 is 1.15 bits per heavy atom. The number of esters is 1. The Kier molecular flexibility index (Phi) is 5.96. The normalized spacial score (nSPS) is 19.4. The Labute approximate surface area is 162 Å². The molecule has 1 aliphatic rings. The highest BCUT2D eigenvalue weighted by Crippen LogP contribution is 2.47. The molecule has 0 unspecified atom stereocenters. The Balaban J connectivity index is 2.13. The van der Waals surface area contributed by atoms with Crippen LogP contribution in [0.4, 0.5) is 0 Å². The summed E-state index contributed by atoms with van der Waals surface area (Å²) in [6.07, 6.45) is 2.10. The lowest BCUT2D eigenvalue weighted by Gasteiger charge is -2.31. The van der Waals surface area contributed by atoms with Crippen molar-refractivity contribution in [3.63, 3.8) is 0 Å². The van der Waals surface area contributed by atoms with Crippen molar-refractivity contribution in [1.29, 1.82) is 0 Å². The molecule has 5 nitrogen and oxygen atoms in total. The monoisotopic (exact) mass is 386 g/mol. The number of allylic oxidation sites excluding steroid dienone is 2. The van der Waals surface area contributed by atoms with E-state index in [1.165, 1.54) is 0 Å². The predicted octanol–water partition coefficient (Wildman–Crippen LogP) is 4.08. The predicted molar refractivity (Wildman–Crippen MR) is 104 cm³/mol. The topological polar surface area (TPSA) is 61.8 Å². The van der Waals surface area contributed by atoms with E-state index < -0.39 is 17.8 Å². The van der Waals surface area contributed by atoms with Crippen molar-refractivity contribution in [2.24, 2.45) is 5.92 Å². The van der Waals surface area contributed by atoms with Crippen molar-refractivity contribution in [3.8, 4) is 11.5 Å². The molecule has 0 amide bonds. The van der Waals surface area contributed by atoms with E-state index >= 15 is 0 Å². The Morgan fingerprint density at radius 3 is 2.41 bits per heavy atom. The molecule has 1 aromatic carbocycles. The minimum Gasteiger partial charge on any atom is -0.496 e. The average Bonchev–Trinajstić information content (AvgIpc) is 3.21. The van der Waals surface area contributed by atoms with Crippen LogP contribution in [0.3, 0.4) is 0 Å². The van der Waals surface area contributed by atoms with Gasteiger partial charge in [-0.3, -0.25) is 9.59 Å². The lowest BCUT2D eigenvalue weighted by atomic mass is 9.74. The van der Waals surface area contributed by atoms with Gasteiger partial charge in [0.1, 0.15) is 17.4 Å². The molecular weight excluding hydrogens is 364 g/mol. The number of benzene rings is 1. The fourth-order valence-electron chi connectivity index (χ4n) is 3.53. The molecule has 2 atom stereocenters. The van der Waals surface area contributed by atoms with Crippen LogP contribution < -0.4 is 9.47 Å². The number of thiophene rings is 1. The molecule has 0 bridgehead atoms. The van der Waals surface area contributed by atoms with E-state index in [1.807, 2.05) is 35.7 Å². The lowest BCUT2D eigenvalue weighted by Crippen LogP contribution is -2.34. The number of rotatable bonds is 6. The van der Waals surface area contributed by atoms with Crippen molar-refractivity contribution in [2.75, 3.05) is 20.8 Å². The van der Waals surface area contributed by atoms with Crippen molar-refractivity contribution in [2.45, 2.75) is 19.3 Å². The third-order valence-corrected chi connectivity index (χ3v) is 5.63. The van der Waals surface area contributed by atoms with Crippen LogP contribution in [0.1, 0.15) is 29.7 Å². The lowest BCUT2D eigenvalue weighted by molar-refractivity contribution is -0.151. The molecule has 0 aliphatic heterocycles. The van der Waals surface area contributed by atoms with Gasteiger partial charge in [0.05, 0.1) is 20.8 Å². The second-order valence-corrected chi connectivity index (χ2v) is 7.11. The van der Waals surface area contributed by atoms with Gasteiger partial charge in [-0.05, 0) is 48.6 Å². The number of carbonyl (C=O) groups excluding carboxylic acids is 2. The standard InChI is InChI=1S/C21H22O5S/c1-4-26-21(23)19-14(20-16(24-2)7-5-8-17(20)25-3)11-13(12-15(19)22)18-9-6-10-27-18/h5-10,12,14,19H,4,11H2,1-3H3/t14-,19+/m1/s1. The minimum atomic E-state index is -0.918. The second-order valence-electron chi connectivity index (χ2n) is 6.17.